The average molecular weight is 513 g/mol. The second kappa shape index (κ2) is 11.3. The third-order valence-corrected chi connectivity index (χ3v) is 7.42. The first-order valence-electron chi connectivity index (χ1n) is 12.2. The van der Waals surface area contributed by atoms with Crippen LogP contribution in [-0.4, -0.2) is 60.7 Å². The second-order valence-electron chi connectivity index (χ2n) is 8.72. The van der Waals surface area contributed by atoms with Gasteiger partial charge in [0, 0.05) is 59.6 Å². The summed E-state index contributed by atoms with van der Waals surface area (Å²) in [5.41, 5.74) is 3.42. The fraction of sp³-hybridized carbons (Fsp3) is 0.207. The van der Waals surface area contributed by atoms with E-state index in [2.05, 4.69) is 15.2 Å². The maximum atomic E-state index is 12.8. The van der Waals surface area contributed by atoms with Gasteiger partial charge < -0.3 is 19.9 Å². The lowest BCUT2D eigenvalue weighted by atomic mass is 10.1. The zero-order chi connectivity index (χ0) is 25.6. The minimum absolute atomic E-state index is 0.0394. The number of methoxy groups -OCH3 is 1. The van der Waals surface area contributed by atoms with Crippen molar-refractivity contribution in [2.24, 2.45) is 0 Å². The van der Waals surface area contributed by atoms with E-state index in [-0.39, 0.29) is 11.8 Å². The van der Waals surface area contributed by atoms with Crippen LogP contribution in [0.1, 0.15) is 10.4 Å². The van der Waals surface area contributed by atoms with E-state index in [1.54, 1.807) is 25.4 Å². The third kappa shape index (κ3) is 5.86. The lowest BCUT2D eigenvalue weighted by molar-refractivity contribution is -0.113. The maximum Gasteiger partial charge on any atom is 0.253 e. The number of carbonyl (C=O) groups excluding carboxylic acids is 2. The van der Waals surface area contributed by atoms with Crippen molar-refractivity contribution in [1.29, 1.82) is 0 Å². The number of amides is 2. The molecule has 1 aliphatic rings. The molecule has 4 aromatic rings. The van der Waals surface area contributed by atoms with Crippen LogP contribution in [0.5, 0.6) is 5.75 Å². The lowest BCUT2D eigenvalue weighted by Crippen LogP contribution is -2.48. The smallest absolute Gasteiger partial charge is 0.253 e. The summed E-state index contributed by atoms with van der Waals surface area (Å²) in [4.78, 5) is 35.0. The second-order valence-corrected chi connectivity index (χ2v) is 9.74. The summed E-state index contributed by atoms with van der Waals surface area (Å²) in [5.74, 6) is 1.03. The van der Waals surface area contributed by atoms with Crippen molar-refractivity contribution in [2.75, 3.05) is 49.3 Å². The molecule has 0 saturated carbocycles. The number of rotatable bonds is 7. The summed E-state index contributed by atoms with van der Waals surface area (Å²) in [6, 6.07) is 25.0. The van der Waals surface area contributed by atoms with Crippen molar-refractivity contribution < 1.29 is 14.3 Å². The Kier molecular flexibility index (Phi) is 7.56. The highest BCUT2D eigenvalue weighted by Crippen LogP contribution is 2.26. The number of hydrogen-bond donors (Lipinski definition) is 1. The number of pyridine rings is 1. The molecule has 0 aliphatic carbocycles. The monoisotopic (exact) mass is 512 g/mol. The van der Waals surface area contributed by atoms with Gasteiger partial charge in [0.2, 0.25) is 5.91 Å². The van der Waals surface area contributed by atoms with Gasteiger partial charge in [0.15, 0.2) is 0 Å². The van der Waals surface area contributed by atoms with Gasteiger partial charge in [-0.25, -0.2) is 0 Å². The topological polar surface area (TPSA) is 74.8 Å². The maximum absolute atomic E-state index is 12.8. The first kappa shape index (κ1) is 24.6. The normalized spacial score (nSPS) is 13.4. The van der Waals surface area contributed by atoms with Crippen molar-refractivity contribution in [3.63, 3.8) is 0 Å². The van der Waals surface area contributed by atoms with Gasteiger partial charge in [-0.15, -0.1) is 11.8 Å². The largest absolute Gasteiger partial charge is 0.497 e. The summed E-state index contributed by atoms with van der Waals surface area (Å²) >= 11 is 1.48. The minimum atomic E-state index is -0.0589. The molecule has 8 heteroatoms. The fourth-order valence-electron chi connectivity index (χ4n) is 4.37. The molecule has 0 atom stereocenters. The summed E-state index contributed by atoms with van der Waals surface area (Å²) in [7, 11) is 1.61. The van der Waals surface area contributed by atoms with E-state index in [1.165, 1.54) is 11.8 Å². The van der Waals surface area contributed by atoms with Crippen LogP contribution in [0.15, 0.2) is 90.0 Å². The molecule has 1 saturated heterocycles. The molecule has 7 nitrogen and oxygen atoms in total. The summed E-state index contributed by atoms with van der Waals surface area (Å²) in [6.07, 6.45) is 1.77. The SMILES string of the molecule is COc1ccc(C(=O)N2CCN(c3ccc(NC(=O)CSc4cccc5cccnc45)cc3)CC2)cc1. The number of thioether (sulfide) groups is 1. The van der Waals surface area contributed by atoms with E-state index >= 15 is 0 Å². The standard InChI is InChI=1S/C29H28N4O3S/c1-36-25-13-7-22(8-14-25)29(35)33-18-16-32(17-19-33)24-11-9-23(10-12-24)31-27(34)20-37-26-6-2-4-21-5-3-15-30-28(21)26/h2-15H,16-20H2,1H3,(H,31,34). The Morgan fingerprint density at radius 3 is 2.38 bits per heavy atom. The van der Waals surface area contributed by atoms with Gasteiger partial charge in [-0.05, 0) is 60.7 Å². The van der Waals surface area contributed by atoms with Gasteiger partial charge in [0.1, 0.15) is 5.75 Å². The first-order valence-corrected chi connectivity index (χ1v) is 13.1. The van der Waals surface area contributed by atoms with Gasteiger partial charge in [0.25, 0.3) is 5.91 Å². The van der Waals surface area contributed by atoms with Crippen LogP contribution in [0.4, 0.5) is 11.4 Å². The molecule has 3 aromatic carbocycles. The quantitative estimate of drug-likeness (QED) is 0.354. The Bertz CT molecular complexity index is 1380. The molecule has 0 spiro atoms. The molecule has 1 aromatic heterocycles. The number of nitrogens with one attached hydrogen (secondary N) is 1. The number of benzene rings is 3. The molecular weight excluding hydrogens is 484 g/mol. The van der Waals surface area contributed by atoms with Crippen LogP contribution in [0.3, 0.4) is 0 Å². The molecule has 37 heavy (non-hydrogen) atoms. The molecular formula is C29H28N4O3S. The van der Waals surface area contributed by atoms with Crippen LogP contribution in [-0.2, 0) is 4.79 Å². The van der Waals surface area contributed by atoms with E-state index in [0.717, 1.165) is 46.0 Å². The molecule has 0 radical (unpaired) electrons. The highest BCUT2D eigenvalue weighted by atomic mass is 32.2. The van der Waals surface area contributed by atoms with Gasteiger partial charge in [0.05, 0.1) is 18.4 Å². The van der Waals surface area contributed by atoms with Crippen LogP contribution >= 0.6 is 11.8 Å². The van der Waals surface area contributed by atoms with E-state index in [0.29, 0.717) is 24.4 Å². The lowest BCUT2D eigenvalue weighted by Gasteiger charge is -2.36. The Hall–Kier alpha value is -4.04. The van der Waals surface area contributed by atoms with Crippen molar-refractivity contribution in [3.8, 4) is 5.75 Å². The molecule has 1 aliphatic heterocycles. The van der Waals surface area contributed by atoms with Crippen LogP contribution in [0, 0.1) is 0 Å². The van der Waals surface area contributed by atoms with Gasteiger partial charge >= 0.3 is 0 Å². The predicted molar refractivity (Wildman–Crippen MR) is 149 cm³/mol. The zero-order valence-corrected chi connectivity index (χ0v) is 21.4. The number of carbonyl (C=O) groups is 2. The molecule has 1 N–H and O–H groups in total. The molecule has 2 amide bonds. The Balaban J connectivity index is 1.11. The number of hydrogen-bond acceptors (Lipinski definition) is 6. The highest BCUT2D eigenvalue weighted by molar-refractivity contribution is 8.00. The highest BCUT2D eigenvalue weighted by Gasteiger charge is 2.22. The summed E-state index contributed by atoms with van der Waals surface area (Å²) in [6.45, 7) is 2.82. The number of fused-ring (bicyclic) bond motifs is 1. The Morgan fingerprint density at radius 1 is 0.919 bits per heavy atom. The van der Waals surface area contributed by atoms with Gasteiger partial charge in [-0.1, -0.05) is 18.2 Å². The van der Waals surface area contributed by atoms with Crippen LogP contribution < -0.4 is 15.0 Å². The number of piperazine rings is 1. The number of aromatic nitrogens is 1. The molecule has 2 heterocycles. The van der Waals surface area contributed by atoms with Crippen molar-refractivity contribution in [3.05, 3.63) is 90.6 Å². The van der Waals surface area contributed by atoms with Gasteiger partial charge in [-0.2, -0.15) is 0 Å². The molecule has 0 unspecified atom stereocenters. The van der Waals surface area contributed by atoms with Crippen molar-refractivity contribution >= 4 is 45.9 Å². The van der Waals surface area contributed by atoms with Crippen molar-refractivity contribution in [1.82, 2.24) is 9.88 Å². The fourth-order valence-corrected chi connectivity index (χ4v) is 5.21. The van der Waals surface area contributed by atoms with Crippen molar-refractivity contribution in [2.45, 2.75) is 4.90 Å². The van der Waals surface area contributed by atoms with E-state index < -0.39 is 0 Å². The van der Waals surface area contributed by atoms with Crippen LogP contribution in [0.25, 0.3) is 10.9 Å². The Morgan fingerprint density at radius 2 is 1.65 bits per heavy atom. The third-order valence-electron chi connectivity index (χ3n) is 6.37. The van der Waals surface area contributed by atoms with Crippen LogP contribution in [0.2, 0.25) is 0 Å². The summed E-state index contributed by atoms with van der Waals surface area (Å²) in [5, 5.41) is 4.04. The number of nitrogens with zero attached hydrogens (tertiary/aromatic N) is 3. The minimum Gasteiger partial charge on any atom is -0.497 e. The number of anilines is 2. The van der Waals surface area contributed by atoms with E-state index in [4.69, 9.17) is 4.74 Å². The average Bonchev–Trinajstić information content (AvgIpc) is 2.96. The zero-order valence-electron chi connectivity index (χ0n) is 20.6. The first-order chi connectivity index (χ1) is 18.1. The molecule has 188 valence electrons. The van der Waals surface area contributed by atoms with E-state index in [1.807, 2.05) is 71.6 Å². The number of ether oxygens (including phenoxy) is 1. The number of para-hydroxylation sites is 1. The van der Waals surface area contributed by atoms with E-state index in [9.17, 15) is 9.59 Å². The molecule has 5 rings (SSSR count). The molecule has 0 bridgehead atoms. The van der Waals surface area contributed by atoms with Gasteiger partial charge in [-0.3, -0.25) is 14.6 Å². The molecule has 1 fully saturated rings. The summed E-state index contributed by atoms with van der Waals surface area (Å²) < 4.78 is 5.17. The predicted octanol–water partition coefficient (Wildman–Crippen LogP) is 4.94. The Labute approximate surface area is 220 Å².